The summed E-state index contributed by atoms with van der Waals surface area (Å²) in [6.07, 6.45) is 3.55. The molecule has 4 fully saturated rings. The van der Waals surface area contributed by atoms with Gasteiger partial charge >= 0.3 is 0 Å². The van der Waals surface area contributed by atoms with Crippen molar-refractivity contribution in [3.05, 3.63) is 190 Å². The van der Waals surface area contributed by atoms with Crippen molar-refractivity contribution in [1.82, 2.24) is 39.1 Å². The second-order valence-electron chi connectivity index (χ2n) is 25.0. The van der Waals surface area contributed by atoms with Crippen molar-refractivity contribution in [2.75, 3.05) is 72.4 Å². The monoisotopic (exact) mass is 1320 g/mol. The fourth-order valence-electron chi connectivity index (χ4n) is 13.3. The molecule has 6 heterocycles. The maximum Gasteiger partial charge on any atom is 0.295 e. The van der Waals surface area contributed by atoms with Gasteiger partial charge in [-0.05, 0) is 139 Å². The number of benzene rings is 6. The fraction of sp³-hybridized carbons (Fsp3) is 0.361. The average Bonchev–Trinajstić information content (AvgIpc) is 1.65. The first kappa shape index (κ1) is 68.8. The van der Waals surface area contributed by atoms with E-state index in [1.165, 1.54) is 43.2 Å². The molecule has 4 aliphatic rings. The molecule has 5 N–H and O–H groups in total. The molecule has 0 unspecified atom stereocenters. The number of rotatable bonds is 15. The Bertz CT molecular complexity index is 4130. The number of amides is 4. The zero-order valence-electron chi connectivity index (χ0n) is 55.0. The van der Waals surface area contributed by atoms with Gasteiger partial charge in [0.1, 0.15) is 23.1 Å². The molecule has 2 aromatic heterocycles. The van der Waals surface area contributed by atoms with Crippen LogP contribution in [0.25, 0.3) is 21.8 Å². The number of H-pyrrole nitrogens is 1. The first-order valence-electron chi connectivity index (χ1n) is 32.1. The van der Waals surface area contributed by atoms with E-state index in [9.17, 15) is 42.1 Å². The highest BCUT2D eigenvalue weighted by Crippen LogP contribution is 2.42. The molecule has 4 amide bonds. The summed E-state index contributed by atoms with van der Waals surface area (Å²) in [7, 11) is -0.120. The molecular weight excluding hydrogens is 1230 g/mol. The number of halogens is 2. The number of hydrogen-bond donors (Lipinski definition) is 3. The number of aromatic nitrogens is 2. The van der Waals surface area contributed by atoms with Crippen LogP contribution in [0.15, 0.2) is 133 Å². The molecule has 0 radical (unpaired) electrons. The third-order valence-electron chi connectivity index (χ3n) is 18.7. The van der Waals surface area contributed by atoms with E-state index < -0.39 is 30.7 Å². The fourth-order valence-corrected chi connectivity index (χ4v) is 15.0. The van der Waals surface area contributed by atoms with Crippen LogP contribution in [0.2, 0.25) is 0 Å². The molecule has 23 heteroatoms. The molecule has 20 nitrogen and oxygen atoms in total. The molecule has 12 rings (SSSR count). The number of nitrogens with one attached hydrogen (secondary N) is 1. The second-order valence-corrected chi connectivity index (χ2v) is 27.4. The lowest BCUT2D eigenvalue weighted by atomic mass is 10.0. The Hall–Kier alpha value is -9.05. The van der Waals surface area contributed by atoms with Crippen LogP contribution in [0.3, 0.4) is 0 Å². The Morgan fingerprint density at radius 1 is 0.547 bits per heavy atom. The van der Waals surface area contributed by atoms with E-state index in [1.54, 1.807) is 96.4 Å². The average molecular weight is 1320 g/mol. The molecule has 4 atom stereocenters. The van der Waals surface area contributed by atoms with E-state index in [4.69, 9.17) is 25.8 Å². The number of fused-ring (bicyclic) bond motifs is 2. The largest absolute Gasteiger partial charge is 0.496 e. The van der Waals surface area contributed by atoms with Gasteiger partial charge < -0.3 is 39.9 Å². The highest BCUT2D eigenvalue weighted by Gasteiger charge is 2.38. The van der Waals surface area contributed by atoms with Crippen LogP contribution in [0, 0.1) is 25.5 Å². The van der Waals surface area contributed by atoms with Crippen LogP contribution >= 0.6 is 7.37 Å². The Kier molecular flexibility index (Phi) is 21.5. The first-order chi connectivity index (χ1) is 45.5. The lowest BCUT2D eigenvalue weighted by Crippen LogP contribution is -2.57. The lowest BCUT2D eigenvalue weighted by molar-refractivity contribution is -0.126. The number of carbonyl (C=O) groups is 6. The Morgan fingerprint density at radius 2 is 0.958 bits per heavy atom. The topological polar surface area (TPSA) is 239 Å². The van der Waals surface area contributed by atoms with Crippen LogP contribution in [0.4, 0.5) is 8.78 Å². The maximum atomic E-state index is 14.0. The van der Waals surface area contributed by atoms with Crippen molar-refractivity contribution < 1.29 is 56.2 Å². The summed E-state index contributed by atoms with van der Waals surface area (Å²) in [4.78, 5) is 95.1. The lowest BCUT2D eigenvalue weighted by Gasteiger charge is -2.44. The number of nitrogens with two attached hydrogens (primary N) is 2. The zero-order valence-corrected chi connectivity index (χ0v) is 55.9. The van der Waals surface area contributed by atoms with Crippen LogP contribution in [0.1, 0.15) is 117 Å². The van der Waals surface area contributed by atoms with E-state index in [0.717, 1.165) is 36.8 Å². The standard InChI is InChI=1S/C30H36FN5O4.C30H35FN4O4.C12H12NO2P/c1-18-16-35(19(2)15-34(18)17-21-7-9-22(31)10-8-21)29(38)24-13-23-25(14-26(24)40-4)36(32)20(3)27(23)28(37)30(39)33-11-5-6-12-33;1-18-16-35(19(2)15-34(18)17-21-7-9-22(31)10-8-21)29(37)24-13-23-25(14-26(24)39-4)32-20(3)27(23)28(36)30(38)33-11-5-6-12-33;13-15-16(14,11-7-3-1-4-8-11)12-9-5-2-6-10-12/h7-10,13-14,18-19H,5-6,11-12,15-17,32H2,1-4H3;7-10,13-14,18-19,32H,5-6,11-12,15-17H2,1-4H3;1-10H,13H2/t2*18-,19+;/m00./s1. The second kappa shape index (κ2) is 29.7. The van der Waals surface area contributed by atoms with Crippen molar-refractivity contribution in [2.45, 2.75) is 104 Å². The van der Waals surface area contributed by atoms with Crippen LogP contribution in [-0.2, 0) is 31.9 Å². The van der Waals surface area contributed by atoms with E-state index in [2.05, 4.69) is 28.6 Å². The molecule has 8 aromatic rings. The number of ketones is 2. The van der Waals surface area contributed by atoms with Gasteiger partial charge in [0.15, 0.2) is 0 Å². The molecule has 4 aliphatic heterocycles. The number of carbonyl (C=O) groups excluding carboxylic acids is 6. The molecule has 500 valence electrons. The number of nitrogens with zero attached hydrogens (tertiary/aromatic N) is 7. The minimum Gasteiger partial charge on any atom is -0.496 e. The minimum absolute atomic E-state index is 0.0579. The number of nitrogen functional groups attached to an aromatic ring is 1. The summed E-state index contributed by atoms with van der Waals surface area (Å²) in [5, 5.41) is 2.20. The third kappa shape index (κ3) is 14.6. The quantitative estimate of drug-likeness (QED) is 0.0285. The van der Waals surface area contributed by atoms with Gasteiger partial charge in [0.25, 0.3) is 42.6 Å². The summed E-state index contributed by atoms with van der Waals surface area (Å²) in [6, 6.07) is 37.6. The highest BCUT2D eigenvalue weighted by molar-refractivity contribution is 7.74. The van der Waals surface area contributed by atoms with E-state index in [0.29, 0.717) is 137 Å². The zero-order chi connectivity index (χ0) is 68.0. The van der Waals surface area contributed by atoms with Crippen molar-refractivity contribution in [2.24, 2.45) is 5.90 Å². The van der Waals surface area contributed by atoms with Gasteiger partial charge in [0, 0.05) is 135 Å². The number of likely N-dealkylation sites (tertiary alicyclic amines) is 2. The number of methoxy groups -OCH3 is 2. The van der Waals surface area contributed by atoms with Crippen LogP contribution in [0.5, 0.6) is 11.5 Å². The molecule has 0 spiro atoms. The Morgan fingerprint density at radius 3 is 1.38 bits per heavy atom. The summed E-state index contributed by atoms with van der Waals surface area (Å²) >= 11 is 0. The number of piperazine rings is 2. The Labute approximate surface area is 552 Å². The van der Waals surface area contributed by atoms with Crippen LogP contribution in [-0.4, -0.2) is 165 Å². The minimum atomic E-state index is -3.13. The molecule has 4 saturated heterocycles. The normalized spacial score (nSPS) is 18.5. The predicted molar refractivity (Wildman–Crippen MR) is 362 cm³/mol. The predicted octanol–water partition coefficient (Wildman–Crippen LogP) is 9.32. The number of ether oxygens (including phenoxy) is 2. The van der Waals surface area contributed by atoms with Gasteiger partial charge in [-0.3, -0.25) is 47.8 Å². The summed E-state index contributed by atoms with van der Waals surface area (Å²) in [6.45, 7) is 17.5. The van der Waals surface area contributed by atoms with Gasteiger partial charge in [-0.15, -0.1) is 0 Å². The summed E-state index contributed by atoms with van der Waals surface area (Å²) in [5.74, 6) is 9.13. The number of aryl methyl sites for hydroxylation is 1. The van der Waals surface area contributed by atoms with Gasteiger partial charge in [0.05, 0.1) is 47.5 Å². The smallest absolute Gasteiger partial charge is 0.295 e. The van der Waals surface area contributed by atoms with E-state index in [1.807, 2.05) is 60.0 Å². The molecule has 0 aliphatic carbocycles. The number of aromatic amines is 1. The van der Waals surface area contributed by atoms with E-state index >= 15 is 0 Å². The van der Waals surface area contributed by atoms with Gasteiger partial charge in [-0.1, -0.05) is 60.7 Å². The first-order valence-corrected chi connectivity index (χ1v) is 33.7. The molecule has 6 aromatic carbocycles. The maximum absolute atomic E-state index is 14.0. The van der Waals surface area contributed by atoms with Crippen molar-refractivity contribution >= 4 is 75.0 Å². The molecule has 0 bridgehead atoms. The highest BCUT2D eigenvalue weighted by atomic mass is 31.2. The molecule has 0 saturated carbocycles. The summed E-state index contributed by atoms with van der Waals surface area (Å²) in [5.41, 5.74) is 5.42. The van der Waals surface area contributed by atoms with Crippen LogP contribution < -0.4 is 31.8 Å². The third-order valence-corrected chi connectivity index (χ3v) is 20.9. The van der Waals surface area contributed by atoms with E-state index in [-0.39, 0.29) is 53.2 Å². The van der Waals surface area contributed by atoms with Gasteiger partial charge in [-0.25, -0.2) is 19.3 Å². The molecule has 95 heavy (non-hydrogen) atoms. The van der Waals surface area contributed by atoms with Gasteiger partial charge in [0.2, 0.25) is 0 Å². The van der Waals surface area contributed by atoms with Gasteiger partial charge in [-0.2, -0.15) is 0 Å². The SMILES string of the molecule is COc1cc2[nH]c(C)c(C(=O)C(=O)N3CCCC3)c2cc1C(=O)N1C[C@H](C)N(Cc2ccc(F)cc2)C[C@H]1C.COc1cc2c(cc1C(=O)N1C[C@H](C)N(Cc3ccc(F)cc3)C[C@H]1C)c(C(=O)C(=O)N1CCCC1)c(C)n2N.NOP(=O)(c1ccccc1)c1ccccc1. The summed E-state index contributed by atoms with van der Waals surface area (Å²) < 4.78 is 56.7. The number of hydrogen-bond acceptors (Lipinski definition) is 14. The van der Waals surface area contributed by atoms with Crippen molar-refractivity contribution in [3.63, 3.8) is 0 Å². The molecular formula is C72H83F2N10O10P. The Balaban J connectivity index is 0.000000169. The van der Waals surface area contributed by atoms with Crippen molar-refractivity contribution in [3.8, 4) is 11.5 Å². The van der Waals surface area contributed by atoms with Crippen molar-refractivity contribution in [1.29, 1.82) is 0 Å². The number of Topliss-reactive ketones (excluding diaryl/α,β-unsaturated/α-hetero) is 2.